The Hall–Kier alpha value is -2.40. The lowest BCUT2D eigenvalue weighted by Crippen LogP contribution is -2.32. The second-order valence-corrected chi connectivity index (χ2v) is 5.46. The van der Waals surface area contributed by atoms with Gasteiger partial charge in [0.05, 0.1) is 16.0 Å². The molecule has 0 fully saturated rings. The van der Waals surface area contributed by atoms with E-state index in [1.807, 2.05) is 47.2 Å². The van der Waals surface area contributed by atoms with Crippen LogP contribution >= 0.6 is 11.8 Å². The molecule has 0 N–H and O–H groups in total. The maximum atomic E-state index is 4.64. The lowest BCUT2D eigenvalue weighted by molar-refractivity contribution is -0.609. The number of para-hydroxylation sites is 2. The first-order valence-electron chi connectivity index (χ1n) is 6.66. The number of hydrogen-bond acceptors (Lipinski definition) is 3. The van der Waals surface area contributed by atoms with Gasteiger partial charge in [-0.15, -0.1) is 0 Å². The monoisotopic (exact) mass is 293 g/mol. The summed E-state index contributed by atoms with van der Waals surface area (Å²) in [5.74, 6) is 0. The van der Waals surface area contributed by atoms with Gasteiger partial charge in [0.25, 0.3) is 5.65 Å². The fourth-order valence-electron chi connectivity index (χ4n) is 2.54. The first kappa shape index (κ1) is 12.3. The highest BCUT2D eigenvalue weighted by Gasteiger charge is 2.23. The van der Waals surface area contributed by atoms with Gasteiger partial charge in [-0.2, -0.15) is 4.57 Å². The number of hydrogen-bond donors (Lipinski definition) is 0. The van der Waals surface area contributed by atoms with Crippen molar-refractivity contribution in [3.63, 3.8) is 0 Å². The normalized spacial score (nSPS) is 11.3. The van der Waals surface area contributed by atoms with Crippen molar-refractivity contribution in [3.8, 4) is 5.69 Å². The van der Waals surface area contributed by atoms with E-state index in [1.165, 1.54) is 0 Å². The zero-order valence-electron chi connectivity index (χ0n) is 11.5. The largest absolute Gasteiger partial charge is 0.342 e. The highest BCUT2D eigenvalue weighted by Crippen LogP contribution is 2.19. The Kier molecular flexibility index (Phi) is 2.86. The summed E-state index contributed by atoms with van der Waals surface area (Å²) in [6.07, 6.45) is 3.81. The molecule has 0 bridgehead atoms. The van der Waals surface area contributed by atoms with E-state index >= 15 is 0 Å². The zero-order chi connectivity index (χ0) is 14.2. The second-order valence-electron chi connectivity index (χ2n) is 4.69. The lowest BCUT2D eigenvalue weighted by atomic mass is 10.2. The number of rotatable bonds is 2. The van der Waals surface area contributed by atoms with Gasteiger partial charge in [0.15, 0.2) is 6.33 Å². The van der Waals surface area contributed by atoms with Gasteiger partial charge in [-0.25, -0.2) is 4.98 Å². The molecule has 0 radical (unpaired) electrons. The third-order valence-corrected chi connectivity index (χ3v) is 4.09. The molecule has 2 aromatic carbocycles. The van der Waals surface area contributed by atoms with Crippen molar-refractivity contribution >= 4 is 28.3 Å². The highest BCUT2D eigenvalue weighted by atomic mass is 32.2. The van der Waals surface area contributed by atoms with E-state index in [0.29, 0.717) is 0 Å². The van der Waals surface area contributed by atoms with Crippen molar-refractivity contribution in [2.24, 2.45) is 0 Å². The smallest absolute Gasteiger partial charge is 0.220 e. The summed E-state index contributed by atoms with van der Waals surface area (Å²) < 4.78 is 4.02. The average Bonchev–Trinajstić information content (AvgIpc) is 2.94. The number of benzene rings is 2. The molecule has 21 heavy (non-hydrogen) atoms. The molecule has 0 aliphatic heterocycles. The van der Waals surface area contributed by atoms with Crippen molar-refractivity contribution in [1.29, 1.82) is 0 Å². The minimum Gasteiger partial charge on any atom is -0.220 e. The Labute approximate surface area is 126 Å². The van der Waals surface area contributed by atoms with Crippen LogP contribution in [0.25, 0.3) is 22.2 Å². The zero-order valence-corrected chi connectivity index (χ0v) is 12.3. The summed E-state index contributed by atoms with van der Waals surface area (Å²) in [7, 11) is 0. The van der Waals surface area contributed by atoms with Crippen LogP contribution in [0, 0.1) is 0 Å². The maximum absolute atomic E-state index is 4.64. The molecule has 0 unspecified atom stereocenters. The van der Waals surface area contributed by atoms with E-state index < -0.39 is 0 Å². The average molecular weight is 293 g/mol. The van der Waals surface area contributed by atoms with Crippen LogP contribution in [0.15, 0.2) is 66.1 Å². The highest BCUT2D eigenvalue weighted by molar-refractivity contribution is 7.98. The summed E-state index contributed by atoms with van der Waals surface area (Å²) in [5.41, 5.74) is 3.12. The molecule has 0 saturated carbocycles. The Bertz CT molecular complexity index is 931. The molecule has 4 nitrogen and oxygen atoms in total. The molecule has 5 heteroatoms. The van der Waals surface area contributed by atoms with Crippen molar-refractivity contribution < 1.29 is 4.57 Å². The summed E-state index contributed by atoms with van der Waals surface area (Å²) in [4.78, 5) is 4.47. The van der Waals surface area contributed by atoms with Gasteiger partial charge in [-0.1, -0.05) is 46.6 Å². The summed E-state index contributed by atoms with van der Waals surface area (Å²) in [6, 6.07) is 18.4. The van der Waals surface area contributed by atoms with Crippen molar-refractivity contribution in [1.82, 2.24) is 14.6 Å². The fraction of sp³-hybridized carbons (Fsp3) is 0.0625. The predicted octanol–water partition coefficient (Wildman–Crippen LogP) is 2.88. The van der Waals surface area contributed by atoms with E-state index in [0.717, 1.165) is 27.4 Å². The Morgan fingerprint density at radius 1 is 1.00 bits per heavy atom. The van der Waals surface area contributed by atoms with E-state index in [1.54, 1.807) is 18.1 Å². The lowest BCUT2D eigenvalue weighted by Gasteiger charge is -2.01. The standard InChI is InChI=1S/C16H13N4S/c1-21-16-18-19-11-17-14-10-6-5-9-13(14)15(19)20(16)12-7-3-2-4-8-12/h2-11H,1H3/q+1. The molecule has 4 rings (SSSR count). The molecule has 0 aliphatic carbocycles. The van der Waals surface area contributed by atoms with Crippen LogP contribution in [0.3, 0.4) is 0 Å². The number of aromatic nitrogens is 4. The topological polar surface area (TPSA) is 34.1 Å². The first-order chi connectivity index (χ1) is 10.4. The number of fused-ring (bicyclic) bond motifs is 3. The van der Waals surface area contributed by atoms with Crippen LogP contribution in [0.5, 0.6) is 0 Å². The Morgan fingerprint density at radius 2 is 1.76 bits per heavy atom. The molecule has 0 aliphatic rings. The molecule has 0 saturated heterocycles. The summed E-state index contributed by atoms with van der Waals surface area (Å²) >= 11 is 1.63. The third kappa shape index (κ3) is 1.89. The van der Waals surface area contributed by atoms with Gasteiger partial charge in [-0.05, 0) is 30.5 Å². The van der Waals surface area contributed by atoms with Gasteiger partial charge in [0.2, 0.25) is 0 Å². The van der Waals surface area contributed by atoms with Crippen molar-refractivity contribution in [2.75, 3.05) is 6.26 Å². The fourth-order valence-corrected chi connectivity index (χ4v) is 3.08. The van der Waals surface area contributed by atoms with E-state index in [-0.39, 0.29) is 0 Å². The second kappa shape index (κ2) is 4.86. The van der Waals surface area contributed by atoms with Crippen LogP contribution in [0.1, 0.15) is 0 Å². The maximum Gasteiger partial charge on any atom is 0.342 e. The number of nitrogens with zero attached hydrogens (tertiary/aromatic N) is 4. The van der Waals surface area contributed by atoms with Crippen LogP contribution in [-0.2, 0) is 0 Å². The van der Waals surface area contributed by atoms with Gasteiger partial charge in [-0.3, -0.25) is 0 Å². The molecular weight excluding hydrogens is 280 g/mol. The van der Waals surface area contributed by atoms with Crippen molar-refractivity contribution in [3.05, 3.63) is 60.9 Å². The quantitative estimate of drug-likeness (QED) is 0.421. The minimum atomic E-state index is 0.944. The molecule has 2 aromatic heterocycles. The van der Waals surface area contributed by atoms with Crippen LogP contribution in [0.4, 0.5) is 0 Å². The summed E-state index contributed by atoms with van der Waals surface area (Å²) in [6.45, 7) is 0. The predicted molar refractivity (Wildman–Crippen MR) is 83.8 cm³/mol. The molecule has 2 heterocycles. The molecular formula is C16H13N4S+. The Morgan fingerprint density at radius 3 is 2.57 bits per heavy atom. The van der Waals surface area contributed by atoms with Gasteiger partial charge >= 0.3 is 5.16 Å². The van der Waals surface area contributed by atoms with Gasteiger partial charge in [0, 0.05) is 0 Å². The SMILES string of the molecule is CSc1nn2cnc3ccccc3c2[n+]1-c1ccccc1. The van der Waals surface area contributed by atoms with Gasteiger partial charge < -0.3 is 0 Å². The van der Waals surface area contributed by atoms with Gasteiger partial charge in [0.1, 0.15) is 5.69 Å². The molecule has 0 spiro atoms. The van der Waals surface area contributed by atoms with Crippen LogP contribution in [-0.4, -0.2) is 20.9 Å². The molecule has 102 valence electrons. The molecule has 0 atom stereocenters. The number of thioether (sulfide) groups is 1. The Balaban J connectivity index is 2.19. The first-order valence-corrected chi connectivity index (χ1v) is 7.88. The van der Waals surface area contributed by atoms with Crippen LogP contribution < -0.4 is 4.57 Å². The third-order valence-electron chi connectivity index (χ3n) is 3.46. The summed E-state index contributed by atoms with van der Waals surface area (Å²) in [5, 5.41) is 6.68. The molecule has 0 amide bonds. The van der Waals surface area contributed by atoms with E-state index in [2.05, 4.69) is 32.8 Å². The van der Waals surface area contributed by atoms with E-state index in [4.69, 9.17) is 0 Å². The van der Waals surface area contributed by atoms with Crippen molar-refractivity contribution in [2.45, 2.75) is 5.16 Å². The minimum absolute atomic E-state index is 0.944. The molecule has 4 aromatic rings. The van der Waals surface area contributed by atoms with E-state index in [9.17, 15) is 0 Å². The van der Waals surface area contributed by atoms with Crippen LogP contribution in [0.2, 0.25) is 0 Å².